The highest BCUT2D eigenvalue weighted by Crippen LogP contribution is 2.20. The number of amides is 1. The number of hydrogen-bond donors (Lipinski definition) is 2. The number of esters is 2. The third kappa shape index (κ3) is 17.6. The fourth-order valence-electron chi connectivity index (χ4n) is 4.22. The van der Waals surface area contributed by atoms with Crippen LogP contribution in [0.3, 0.4) is 0 Å². The van der Waals surface area contributed by atoms with Crippen LogP contribution in [0.4, 0.5) is 5.69 Å². The fourth-order valence-corrected chi connectivity index (χ4v) is 4.22. The molecule has 2 N–H and O–H groups in total. The molecule has 1 aromatic rings. The topological polar surface area (TPSA) is 119 Å². The maximum atomic E-state index is 12.4. The lowest BCUT2D eigenvalue weighted by molar-refractivity contribution is -0.154. The van der Waals surface area contributed by atoms with Crippen LogP contribution in [0.25, 0.3) is 0 Å². The highest BCUT2D eigenvalue weighted by molar-refractivity contribution is 5.99. The smallest absolute Gasteiger partial charge is 0.338 e. The largest absolute Gasteiger partial charge is 0.478 e. The van der Waals surface area contributed by atoms with Crippen molar-refractivity contribution < 1.29 is 33.8 Å². The third-order valence-corrected chi connectivity index (χ3v) is 6.05. The molecule has 0 radical (unpaired) electrons. The van der Waals surface area contributed by atoms with Gasteiger partial charge >= 0.3 is 17.9 Å². The van der Waals surface area contributed by atoms with Gasteiger partial charge in [0.1, 0.15) is 11.2 Å². The summed E-state index contributed by atoms with van der Waals surface area (Å²) in [5.41, 5.74) is -0.847. The van der Waals surface area contributed by atoms with Gasteiger partial charge in [-0.25, -0.2) is 9.59 Å². The number of carbonyl (C=O) groups excluding carboxylic acids is 3. The molecule has 40 heavy (non-hydrogen) atoms. The minimum Gasteiger partial charge on any atom is -0.478 e. The third-order valence-electron chi connectivity index (χ3n) is 6.05. The van der Waals surface area contributed by atoms with Crippen LogP contribution < -0.4 is 5.32 Å². The van der Waals surface area contributed by atoms with Gasteiger partial charge in [0, 0.05) is 18.5 Å². The summed E-state index contributed by atoms with van der Waals surface area (Å²) in [6.45, 7) is 10.9. The quantitative estimate of drug-likeness (QED) is 0.137. The zero-order chi connectivity index (χ0) is 30.2. The van der Waals surface area contributed by atoms with Crippen LogP contribution in [0, 0.1) is 0 Å². The SMILES string of the molecule is CC(C)(C)OC(=O)CCCCCCCCCCCCCCC(=O)Nc1cc(C(=O)O)cc(C(=O)OC(C)(C)C)c1. The van der Waals surface area contributed by atoms with Crippen molar-refractivity contribution in [3.8, 4) is 0 Å². The van der Waals surface area contributed by atoms with Crippen LogP contribution in [0.15, 0.2) is 18.2 Å². The number of hydrogen-bond acceptors (Lipinski definition) is 6. The standard InChI is InChI=1S/C32H51NO7/c1-31(2,3)39-28(35)20-18-16-14-12-10-8-7-9-11-13-15-17-19-27(34)33-26-22-24(29(36)37)21-25(23-26)30(38)40-32(4,5)6/h21-23H,7-20H2,1-6H3,(H,33,34)(H,36,37). The summed E-state index contributed by atoms with van der Waals surface area (Å²) in [4.78, 5) is 48.0. The number of carbonyl (C=O) groups is 4. The molecule has 0 atom stereocenters. The van der Waals surface area contributed by atoms with E-state index in [1.807, 2.05) is 20.8 Å². The van der Waals surface area contributed by atoms with E-state index in [1.54, 1.807) is 20.8 Å². The van der Waals surface area contributed by atoms with E-state index in [0.717, 1.165) is 44.9 Å². The summed E-state index contributed by atoms with van der Waals surface area (Å²) in [5.74, 6) is -2.13. The molecule has 8 nitrogen and oxygen atoms in total. The maximum Gasteiger partial charge on any atom is 0.338 e. The van der Waals surface area contributed by atoms with E-state index >= 15 is 0 Å². The number of benzene rings is 1. The second-order valence-corrected chi connectivity index (χ2v) is 12.5. The van der Waals surface area contributed by atoms with E-state index in [0.29, 0.717) is 12.8 Å². The van der Waals surface area contributed by atoms with Gasteiger partial charge in [-0.1, -0.05) is 64.2 Å². The average molecular weight is 562 g/mol. The Bertz CT molecular complexity index is 957. The highest BCUT2D eigenvalue weighted by Gasteiger charge is 2.20. The molecular formula is C32H51NO7. The van der Waals surface area contributed by atoms with Gasteiger partial charge in [-0.2, -0.15) is 0 Å². The second kappa shape index (κ2) is 17.7. The Hall–Kier alpha value is -2.90. The number of carboxylic acid groups (broad SMARTS) is 1. The van der Waals surface area contributed by atoms with Gasteiger partial charge in [-0.05, 0) is 72.6 Å². The predicted molar refractivity (Wildman–Crippen MR) is 158 cm³/mol. The van der Waals surface area contributed by atoms with Crippen molar-refractivity contribution in [2.45, 2.75) is 143 Å². The fraction of sp³-hybridized carbons (Fsp3) is 0.688. The van der Waals surface area contributed by atoms with Crippen molar-refractivity contribution in [2.75, 3.05) is 5.32 Å². The number of ether oxygens (including phenoxy) is 2. The molecule has 0 aromatic heterocycles. The van der Waals surface area contributed by atoms with Crippen molar-refractivity contribution in [1.29, 1.82) is 0 Å². The Kier molecular flexibility index (Phi) is 15.6. The Labute approximate surface area is 240 Å². The van der Waals surface area contributed by atoms with Gasteiger partial charge in [0.2, 0.25) is 5.91 Å². The normalized spacial score (nSPS) is 11.7. The first-order valence-corrected chi connectivity index (χ1v) is 14.8. The van der Waals surface area contributed by atoms with Crippen LogP contribution in [0.1, 0.15) is 152 Å². The molecule has 1 rings (SSSR count). The summed E-state index contributed by atoms with van der Waals surface area (Å²) in [5, 5.41) is 12.1. The molecule has 0 saturated carbocycles. The van der Waals surface area contributed by atoms with Crippen molar-refractivity contribution in [1.82, 2.24) is 0 Å². The number of aromatic carboxylic acids is 1. The molecule has 0 fully saturated rings. The van der Waals surface area contributed by atoms with Crippen molar-refractivity contribution >= 4 is 29.5 Å². The molecule has 8 heteroatoms. The molecule has 0 heterocycles. The van der Waals surface area contributed by atoms with Crippen LogP contribution in [0.5, 0.6) is 0 Å². The van der Waals surface area contributed by atoms with Gasteiger partial charge in [0.25, 0.3) is 0 Å². The Morgan fingerprint density at radius 1 is 0.625 bits per heavy atom. The lowest BCUT2D eigenvalue weighted by Crippen LogP contribution is -2.24. The summed E-state index contributed by atoms with van der Waals surface area (Å²) < 4.78 is 10.7. The molecule has 1 amide bonds. The highest BCUT2D eigenvalue weighted by atomic mass is 16.6. The van der Waals surface area contributed by atoms with E-state index in [1.165, 1.54) is 50.3 Å². The zero-order valence-electron chi connectivity index (χ0n) is 25.5. The number of anilines is 1. The van der Waals surface area contributed by atoms with Gasteiger partial charge in [-0.15, -0.1) is 0 Å². The molecule has 0 spiro atoms. The number of carboxylic acids is 1. The predicted octanol–water partition coefficient (Wildman–Crippen LogP) is 8.08. The minimum atomic E-state index is -1.18. The van der Waals surface area contributed by atoms with Crippen LogP contribution in [-0.4, -0.2) is 40.1 Å². The first-order valence-electron chi connectivity index (χ1n) is 14.8. The van der Waals surface area contributed by atoms with Crippen molar-refractivity contribution in [3.05, 3.63) is 29.3 Å². The molecule has 0 aliphatic heterocycles. The van der Waals surface area contributed by atoms with E-state index in [-0.39, 0.29) is 28.7 Å². The van der Waals surface area contributed by atoms with E-state index < -0.39 is 23.1 Å². The molecule has 226 valence electrons. The minimum absolute atomic E-state index is 0.0862. The van der Waals surface area contributed by atoms with Gasteiger partial charge in [0.05, 0.1) is 11.1 Å². The Morgan fingerprint density at radius 3 is 1.50 bits per heavy atom. The summed E-state index contributed by atoms with van der Waals surface area (Å²) >= 11 is 0. The molecule has 1 aromatic carbocycles. The number of unbranched alkanes of at least 4 members (excludes halogenated alkanes) is 11. The first kappa shape index (κ1) is 35.1. The van der Waals surface area contributed by atoms with E-state index in [4.69, 9.17) is 9.47 Å². The maximum absolute atomic E-state index is 12.4. The van der Waals surface area contributed by atoms with Crippen molar-refractivity contribution in [3.63, 3.8) is 0 Å². The van der Waals surface area contributed by atoms with Gasteiger partial charge in [-0.3, -0.25) is 9.59 Å². The molecule has 0 aliphatic carbocycles. The molecule has 0 aliphatic rings. The molecular weight excluding hydrogens is 510 g/mol. The Balaban J connectivity index is 2.16. The second-order valence-electron chi connectivity index (χ2n) is 12.5. The average Bonchev–Trinajstić information content (AvgIpc) is 2.81. The summed E-state index contributed by atoms with van der Waals surface area (Å²) in [6, 6.07) is 4.04. The van der Waals surface area contributed by atoms with Crippen LogP contribution >= 0.6 is 0 Å². The molecule has 0 bridgehead atoms. The van der Waals surface area contributed by atoms with Crippen molar-refractivity contribution in [2.24, 2.45) is 0 Å². The van der Waals surface area contributed by atoms with Crippen LogP contribution in [0.2, 0.25) is 0 Å². The zero-order valence-corrected chi connectivity index (χ0v) is 25.5. The Morgan fingerprint density at radius 2 is 1.05 bits per heavy atom. The number of rotatable bonds is 18. The first-order chi connectivity index (χ1) is 18.7. The molecule has 0 unspecified atom stereocenters. The van der Waals surface area contributed by atoms with Gasteiger partial charge in [0.15, 0.2) is 0 Å². The number of nitrogens with one attached hydrogen (secondary N) is 1. The summed E-state index contributed by atoms with van der Waals surface area (Å²) in [6.07, 6.45) is 14.0. The lowest BCUT2D eigenvalue weighted by Gasteiger charge is -2.20. The summed E-state index contributed by atoms with van der Waals surface area (Å²) in [7, 11) is 0. The van der Waals surface area contributed by atoms with Crippen LogP contribution in [-0.2, 0) is 19.1 Å². The van der Waals surface area contributed by atoms with E-state index in [9.17, 15) is 24.3 Å². The van der Waals surface area contributed by atoms with E-state index in [2.05, 4.69) is 5.32 Å². The van der Waals surface area contributed by atoms with Gasteiger partial charge < -0.3 is 19.9 Å². The lowest BCUT2D eigenvalue weighted by atomic mass is 10.0. The molecule has 0 saturated heterocycles. The monoisotopic (exact) mass is 561 g/mol.